The van der Waals surface area contributed by atoms with Gasteiger partial charge in [0.15, 0.2) is 0 Å². The Morgan fingerprint density at radius 1 is 1.19 bits per heavy atom. The first-order chi connectivity index (χ1) is 12.3. The number of benzene rings is 1. The number of rotatable bonds is 8. The van der Waals surface area contributed by atoms with Crippen LogP contribution in [0.4, 0.5) is 0 Å². The van der Waals surface area contributed by atoms with Crippen LogP contribution in [0.1, 0.15) is 26.3 Å². The summed E-state index contributed by atoms with van der Waals surface area (Å²) < 4.78 is 5.94. The van der Waals surface area contributed by atoms with E-state index in [9.17, 15) is 14.9 Å². The van der Waals surface area contributed by atoms with Gasteiger partial charge < -0.3 is 14.5 Å². The van der Waals surface area contributed by atoms with Gasteiger partial charge in [0.2, 0.25) is 5.91 Å². The lowest BCUT2D eigenvalue weighted by Gasteiger charge is -2.34. The molecule has 0 unspecified atom stereocenters. The zero-order valence-corrected chi connectivity index (χ0v) is 15.6. The second kappa shape index (κ2) is 8.84. The van der Waals surface area contributed by atoms with E-state index < -0.39 is 10.5 Å². The molecule has 8 heteroatoms. The summed E-state index contributed by atoms with van der Waals surface area (Å²) in [5, 5.41) is 9.59. The molecule has 144 valence electrons. The minimum Gasteiger partial charge on any atom is -0.493 e. The highest BCUT2D eigenvalue weighted by Gasteiger charge is 2.23. The molecule has 1 saturated heterocycles. The number of carbonyl (C=O) groups excluding carboxylic acids is 1. The van der Waals surface area contributed by atoms with Crippen molar-refractivity contribution in [3.63, 3.8) is 0 Å². The smallest absolute Gasteiger partial charge is 0.294 e. The topological polar surface area (TPSA) is 85.2 Å². The van der Waals surface area contributed by atoms with Crippen LogP contribution in [0.2, 0.25) is 0 Å². The van der Waals surface area contributed by atoms with Gasteiger partial charge in [-0.3, -0.25) is 9.69 Å². The minimum atomic E-state index is -0.781. The van der Waals surface area contributed by atoms with Crippen molar-refractivity contribution in [2.75, 3.05) is 39.4 Å². The highest BCUT2D eigenvalue weighted by molar-refractivity contribution is 5.73. The SMILES string of the molecule is CC(=O)N1CCN(Cc2ccccc2OCC(C)(C)CO[N+](=O)[O-])CC1. The van der Waals surface area contributed by atoms with Crippen LogP contribution in [0.5, 0.6) is 5.75 Å². The maximum absolute atomic E-state index is 11.4. The molecule has 1 aliphatic rings. The van der Waals surface area contributed by atoms with E-state index in [0.29, 0.717) is 6.61 Å². The molecule has 1 aromatic carbocycles. The van der Waals surface area contributed by atoms with E-state index in [1.54, 1.807) is 6.92 Å². The fourth-order valence-corrected chi connectivity index (χ4v) is 2.78. The summed E-state index contributed by atoms with van der Waals surface area (Å²) in [6, 6.07) is 7.81. The summed E-state index contributed by atoms with van der Waals surface area (Å²) in [5.74, 6) is 0.892. The molecule has 0 saturated carbocycles. The quantitative estimate of drug-likeness (QED) is 0.517. The van der Waals surface area contributed by atoms with Crippen molar-refractivity contribution in [2.45, 2.75) is 27.3 Å². The highest BCUT2D eigenvalue weighted by Crippen LogP contribution is 2.24. The number of nitrogens with zero attached hydrogens (tertiary/aromatic N) is 3. The third kappa shape index (κ3) is 6.18. The lowest BCUT2D eigenvalue weighted by Crippen LogP contribution is -2.47. The molecule has 1 heterocycles. The van der Waals surface area contributed by atoms with Crippen molar-refractivity contribution in [3.05, 3.63) is 39.9 Å². The van der Waals surface area contributed by atoms with Gasteiger partial charge in [0.05, 0.1) is 6.61 Å². The van der Waals surface area contributed by atoms with Gasteiger partial charge >= 0.3 is 0 Å². The Balaban J connectivity index is 1.91. The van der Waals surface area contributed by atoms with Crippen molar-refractivity contribution in [1.82, 2.24) is 9.80 Å². The Hall–Kier alpha value is -2.35. The Bertz CT molecular complexity index is 627. The molecule has 1 aliphatic heterocycles. The summed E-state index contributed by atoms with van der Waals surface area (Å²) in [6.45, 7) is 9.50. The molecule has 1 aromatic rings. The Morgan fingerprint density at radius 2 is 1.85 bits per heavy atom. The maximum Gasteiger partial charge on any atom is 0.294 e. The molecule has 1 fully saturated rings. The first-order valence-corrected chi connectivity index (χ1v) is 8.73. The van der Waals surface area contributed by atoms with Crippen LogP contribution in [0.15, 0.2) is 24.3 Å². The zero-order valence-electron chi connectivity index (χ0n) is 15.6. The van der Waals surface area contributed by atoms with Gasteiger partial charge in [-0.2, -0.15) is 0 Å². The number of carbonyl (C=O) groups is 1. The third-order valence-corrected chi connectivity index (χ3v) is 4.36. The van der Waals surface area contributed by atoms with Gasteiger partial charge in [-0.15, -0.1) is 10.1 Å². The average molecular weight is 365 g/mol. The molecule has 0 aliphatic carbocycles. The number of hydrogen-bond acceptors (Lipinski definition) is 6. The molecule has 0 N–H and O–H groups in total. The van der Waals surface area contributed by atoms with Crippen molar-refractivity contribution in [3.8, 4) is 5.75 Å². The molecule has 1 amide bonds. The number of para-hydroxylation sites is 1. The van der Waals surface area contributed by atoms with Crippen LogP contribution in [0, 0.1) is 15.5 Å². The molecule has 8 nitrogen and oxygen atoms in total. The molecular weight excluding hydrogens is 338 g/mol. The average Bonchev–Trinajstić information content (AvgIpc) is 2.60. The predicted molar refractivity (Wildman–Crippen MR) is 96.2 cm³/mol. The standard InChI is InChI=1S/C18H27N3O5/c1-15(22)20-10-8-19(9-11-20)12-16-6-4-5-7-17(16)25-13-18(2,3)14-26-21(23)24/h4-7H,8-14H2,1-3H3. The normalized spacial score (nSPS) is 15.6. The van der Waals surface area contributed by atoms with Crippen LogP contribution in [0.3, 0.4) is 0 Å². The predicted octanol–water partition coefficient (Wildman–Crippen LogP) is 1.96. The van der Waals surface area contributed by atoms with E-state index in [-0.39, 0.29) is 12.5 Å². The van der Waals surface area contributed by atoms with E-state index >= 15 is 0 Å². The van der Waals surface area contributed by atoms with Crippen LogP contribution < -0.4 is 4.74 Å². The second-order valence-corrected chi connectivity index (χ2v) is 7.34. The minimum absolute atomic E-state index is 0.0187. The summed E-state index contributed by atoms with van der Waals surface area (Å²) >= 11 is 0. The Morgan fingerprint density at radius 3 is 2.46 bits per heavy atom. The van der Waals surface area contributed by atoms with Gasteiger partial charge in [0.25, 0.3) is 5.09 Å². The van der Waals surface area contributed by atoms with Gasteiger partial charge in [0, 0.05) is 50.6 Å². The highest BCUT2D eigenvalue weighted by atomic mass is 16.9. The van der Waals surface area contributed by atoms with Crippen molar-refractivity contribution < 1.29 is 19.5 Å². The van der Waals surface area contributed by atoms with Crippen molar-refractivity contribution >= 4 is 5.91 Å². The number of ether oxygens (including phenoxy) is 1. The molecule has 0 aromatic heterocycles. The van der Waals surface area contributed by atoms with Crippen LogP contribution >= 0.6 is 0 Å². The lowest BCUT2D eigenvalue weighted by atomic mass is 9.96. The summed E-state index contributed by atoms with van der Waals surface area (Å²) in [4.78, 5) is 30.4. The molecule has 26 heavy (non-hydrogen) atoms. The number of amides is 1. The monoisotopic (exact) mass is 365 g/mol. The van der Waals surface area contributed by atoms with Crippen LogP contribution in [0.25, 0.3) is 0 Å². The molecule has 0 radical (unpaired) electrons. The Kier molecular flexibility index (Phi) is 6.79. The molecule has 0 spiro atoms. The lowest BCUT2D eigenvalue weighted by molar-refractivity contribution is -0.760. The van der Waals surface area contributed by atoms with Gasteiger partial charge in [-0.05, 0) is 6.07 Å². The maximum atomic E-state index is 11.4. The largest absolute Gasteiger partial charge is 0.493 e. The van der Waals surface area contributed by atoms with E-state index in [4.69, 9.17) is 4.74 Å². The first kappa shape index (κ1) is 20.0. The van der Waals surface area contributed by atoms with Crippen molar-refractivity contribution in [1.29, 1.82) is 0 Å². The molecule has 0 atom stereocenters. The summed E-state index contributed by atoms with van der Waals surface area (Å²) in [7, 11) is 0. The fraction of sp³-hybridized carbons (Fsp3) is 0.611. The van der Waals surface area contributed by atoms with Crippen molar-refractivity contribution in [2.24, 2.45) is 5.41 Å². The summed E-state index contributed by atoms with van der Waals surface area (Å²) in [5.41, 5.74) is 0.586. The molecular formula is C18H27N3O5. The Labute approximate surface area is 153 Å². The third-order valence-electron chi connectivity index (χ3n) is 4.36. The fourth-order valence-electron chi connectivity index (χ4n) is 2.78. The number of hydrogen-bond donors (Lipinski definition) is 0. The van der Waals surface area contributed by atoms with E-state index in [1.165, 1.54) is 0 Å². The zero-order chi connectivity index (χ0) is 19.2. The van der Waals surface area contributed by atoms with Gasteiger partial charge in [0.1, 0.15) is 12.4 Å². The van der Waals surface area contributed by atoms with Gasteiger partial charge in [-0.1, -0.05) is 32.0 Å². The first-order valence-electron chi connectivity index (χ1n) is 8.73. The van der Waals surface area contributed by atoms with Gasteiger partial charge in [-0.25, -0.2) is 0 Å². The van der Waals surface area contributed by atoms with E-state index in [0.717, 1.165) is 44.0 Å². The summed E-state index contributed by atoms with van der Waals surface area (Å²) in [6.07, 6.45) is 0. The van der Waals surface area contributed by atoms with E-state index in [1.807, 2.05) is 43.0 Å². The van der Waals surface area contributed by atoms with E-state index in [2.05, 4.69) is 9.74 Å². The molecule has 2 rings (SSSR count). The number of piperazine rings is 1. The van der Waals surface area contributed by atoms with Crippen LogP contribution in [-0.2, 0) is 16.2 Å². The van der Waals surface area contributed by atoms with Crippen LogP contribution in [-0.4, -0.2) is 60.2 Å². The second-order valence-electron chi connectivity index (χ2n) is 7.34. The molecule has 0 bridgehead atoms.